The first-order chi connectivity index (χ1) is 15.2. The maximum Gasteiger partial charge on any atom is 0.328 e. The Morgan fingerprint density at radius 3 is 2.41 bits per heavy atom. The SMILES string of the molecule is O=C(NC1CCCCC1)NS(=O)(=O)c1ccc(CCNC(=O)c2cc(I)ccc2O)cc1. The number of nitrogens with one attached hydrogen (secondary N) is 3. The highest BCUT2D eigenvalue weighted by Crippen LogP contribution is 2.20. The van der Waals surface area contributed by atoms with Gasteiger partial charge in [-0.3, -0.25) is 4.79 Å². The monoisotopic (exact) mass is 571 g/mol. The summed E-state index contributed by atoms with van der Waals surface area (Å²) in [7, 11) is -3.97. The largest absolute Gasteiger partial charge is 0.507 e. The van der Waals surface area contributed by atoms with Crippen LogP contribution in [0.3, 0.4) is 0 Å². The molecule has 0 atom stereocenters. The average Bonchev–Trinajstić information content (AvgIpc) is 2.76. The van der Waals surface area contributed by atoms with Crippen molar-refractivity contribution in [3.05, 3.63) is 57.2 Å². The standard InChI is InChI=1S/C22H26IN3O5S/c23-16-8-11-20(27)19(14-16)21(28)24-13-12-15-6-9-18(10-7-15)32(30,31)26-22(29)25-17-4-2-1-3-5-17/h6-11,14,17,27H,1-5,12-13H2,(H,24,28)(H2,25,26,29). The van der Waals surface area contributed by atoms with Gasteiger partial charge in [-0.05, 0) is 77.7 Å². The van der Waals surface area contributed by atoms with E-state index in [-0.39, 0.29) is 28.2 Å². The Balaban J connectivity index is 1.50. The molecule has 2 aromatic rings. The van der Waals surface area contributed by atoms with Gasteiger partial charge in [-0.25, -0.2) is 17.9 Å². The normalized spacial score (nSPS) is 14.5. The molecular formula is C22H26IN3O5S. The van der Waals surface area contributed by atoms with E-state index in [4.69, 9.17) is 0 Å². The van der Waals surface area contributed by atoms with Crippen LogP contribution in [0, 0.1) is 3.57 Å². The molecule has 1 aliphatic rings. The lowest BCUT2D eigenvalue weighted by molar-refractivity contribution is 0.0951. The summed E-state index contributed by atoms with van der Waals surface area (Å²) in [5, 5.41) is 15.3. The van der Waals surface area contributed by atoms with E-state index >= 15 is 0 Å². The summed E-state index contributed by atoms with van der Waals surface area (Å²) in [6, 6.07) is 10.2. The molecule has 8 nitrogen and oxygen atoms in total. The second kappa shape index (κ2) is 11.0. The Morgan fingerprint density at radius 1 is 1.03 bits per heavy atom. The molecule has 32 heavy (non-hydrogen) atoms. The summed E-state index contributed by atoms with van der Waals surface area (Å²) in [4.78, 5) is 24.3. The number of benzene rings is 2. The van der Waals surface area contributed by atoms with Gasteiger partial charge in [-0.2, -0.15) is 0 Å². The van der Waals surface area contributed by atoms with E-state index in [9.17, 15) is 23.1 Å². The fraction of sp³-hybridized carbons (Fsp3) is 0.364. The molecule has 0 unspecified atom stereocenters. The second-order valence-corrected chi connectivity index (χ2v) is 10.7. The topological polar surface area (TPSA) is 125 Å². The molecule has 172 valence electrons. The lowest BCUT2D eigenvalue weighted by atomic mass is 9.96. The van der Waals surface area contributed by atoms with Gasteiger partial charge >= 0.3 is 6.03 Å². The second-order valence-electron chi connectivity index (χ2n) is 7.73. The van der Waals surface area contributed by atoms with Crippen LogP contribution >= 0.6 is 22.6 Å². The Morgan fingerprint density at radius 2 is 1.72 bits per heavy atom. The van der Waals surface area contributed by atoms with Crippen molar-refractivity contribution < 1.29 is 23.1 Å². The van der Waals surface area contributed by atoms with Crippen LogP contribution in [0.15, 0.2) is 47.4 Å². The number of rotatable bonds is 7. The minimum atomic E-state index is -3.97. The van der Waals surface area contributed by atoms with Crippen molar-refractivity contribution in [2.75, 3.05) is 6.54 Å². The average molecular weight is 571 g/mol. The molecule has 0 bridgehead atoms. The van der Waals surface area contributed by atoms with E-state index < -0.39 is 16.1 Å². The summed E-state index contributed by atoms with van der Waals surface area (Å²) < 4.78 is 27.8. The van der Waals surface area contributed by atoms with Crippen LogP contribution in [0.5, 0.6) is 5.75 Å². The predicted octanol–water partition coefficient (Wildman–Crippen LogP) is 3.29. The summed E-state index contributed by atoms with van der Waals surface area (Å²) in [5.41, 5.74) is 1.03. The highest BCUT2D eigenvalue weighted by Gasteiger charge is 2.21. The molecule has 4 N–H and O–H groups in total. The molecular weight excluding hydrogens is 545 g/mol. The molecule has 0 heterocycles. The molecule has 1 saturated carbocycles. The Bertz CT molecular complexity index is 1070. The number of carbonyl (C=O) groups excluding carboxylic acids is 2. The van der Waals surface area contributed by atoms with Crippen LogP contribution < -0.4 is 15.4 Å². The quantitative estimate of drug-likeness (QED) is 0.380. The third-order valence-electron chi connectivity index (χ3n) is 5.30. The summed E-state index contributed by atoms with van der Waals surface area (Å²) in [6.07, 6.45) is 5.41. The molecule has 0 spiro atoms. The third-order valence-corrected chi connectivity index (χ3v) is 7.32. The van der Waals surface area contributed by atoms with Crippen molar-refractivity contribution in [1.29, 1.82) is 0 Å². The Labute approximate surface area is 201 Å². The molecule has 0 aromatic heterocycles. The first-order valence-electron chi connectivity index (χ1n) is 10.4. The molecule has 1 aliphatic carbocycles. The van der Waals surface area contributed by atoms with Gasteiger partial charge in [0.05, 0.1) is 10.5 Å². The number of phenols is 1. The first kappa shape index (κ1) is 24.3. The van der Waals surface area contributed by atoms with Crippen LogP contribution in [0.2, 0.25) is 0 Å². The lowest BCUT2D eigenvalue weighted by Gasteiger charge is -2.22. The molecule has 0 radical (unpaired) electrons. The first-order valence-corrected chi connectivity index (χ1v) is 13.0. The number of amides is 3. The van der Waals surface area contributed by atoms with E-state index in [2.05, 4.69) is 37.9 Å². The third kappa shape index (κ3) is 6.83. The van der Waals surface area contributed by atoms with Gasteiger partial charge < -0.3 is 15.7 Å². The van der Waals surface area contributed by atoms with E-state index in [0.717, 1.165) is 41.2 Å². The van der Waals surface area contributed by atoms with E-state index in [1.54, 1.807) is 24.3 Å². The molecule has 3 amide bonds. The predicted molar refractivity (Wildman–Crippen MR) is 129 cm³/mol. The van der Waals surface area contributed by atoms with Crippen molar-refractivity contribution >= 4 is 44.6 Å². The van der Waals surface area contributed by atoms with Crippen LogP contribution in [0.1, 0.15) is 48.0 Å². The molecule has 2 aromatic carbocycles. The van der Waals surface area contributed by atoms with E-state index in [1.165, 1.54) is 18.2 Å². The number of urea groups is 1. The van der Waals surface area contributed by atoms with E-state index in [0.29, 0.717) is 13.0 Å². The summed E-state index contributed by atoms with van der Waals surface area (Å²) in [5.74, 6) is -0.467. The number of hydrogen-bond acceptors (Lipinski definition) is 5. The fourth-order valence-electron chi connectivity index (χ4n) is 3.58. The number of sulfonamides is 1. The van der Waals surface area contributed by atoms with Gasteiger partial charge in [-0.15, -0.1) is 0 Å². The highest BCUT2D eigenvalue weighted by molar-refractivity contribution is 14.1. The van der Waals surface area contributed by atoms with Crippen LogP contribution in [-0.4, -0.2) is 38.0 Å². The van der Waals surface area contributed by atoms with E-state index in [1.807, 2.05) is 0 Å². The van der Waals surface area contributed by atoms with Gasteiger partial charge in [0.2, 0.25) is 0 Å². The Kier molecular flexibility index (Phi) is 8.35. The van der Waals surface area contributed by atoms with Gasteiger partial charge in [0.25, 0.3) is 15.9 Å². The van der Waals surface area contributed by atoms with Crippen molar-refractivity contribution in [2.45, 2.75) is 49.5 Å². The highest BCUT2D eigenvalue weighted by atomic mass is 127. The minimum absolute atomic E-state index is 0.00661. The van der Waals surface area contributed by atoms with Crippen molar-refractivity contribution in [1.82, 2.24) is 15.4 Å². The van der Waals surface area contributed by atoms with Crippen molar-refractivity contribution in [3.63, 3.8) is 0 Å². The number of phenolic OH excluding ortho intramolecular Hbond substituents is 1. The van der Waals surface area contributed by atoms with Crippen molar-refractivity contribution in [3.8, 4) is 5.75 Å². The number of carbonyl (C=O) groups is 2. The molecule has 1 fully saturated rings. The zero-order valence-corrected chi connectivity index (χ0v) is 20.4. The Hall–Kier alpha value is -2.34. The maximum absolute atomic E-state index is 12.5. The van der Waals surface area contributed by atoms with Gasteiger partial charge in [0, 0.05) is 16.2 Å². The zero-order chi connectivity index (χ0) is 23.1. The molecule has 10 heteroatoms. The smallest absolute Gasteiger partial charge is 0.328 e. The molecule has 0 aliphatic heterocycles. The number of aromatic hydroxyl groups is 1. The zero-order valence-electron chi connectivity index (χ0n) is 17.4. The van der Waals surface area contributed by atoms with Crippen LogP contribution in [-0.2, 0) is 16.4 Å². The lowest BCUT2D eigenvalue weighted by Crippen LogP contribution is -2.45. The van der Waals surface area contributed by atoms with Gasteiger partial charge in [0.1, 0.15) is 5.75 Å². The van der Waals surface area contributed by atoms with Crippen molar-refractivity contribution in [2.24, 2.45) is 0 Å². The maximum atomic E-state index is 12.5. The van der Waals surface area contributed by atoms with Gasteiger partial charge in [0.15, 0.2) is 0 Å². The number of halogens is 1. The molecule has 3 rings (SSSR count). The molecule has 0 saturated heterocycles. The summed E-state index contributed by atoms with van der Waals surface area (Å²) >= 11 is 2.06. The fourth-order valence-corrected chi connectivity index (χ4v) is 4.99. The number of hydrogen-bond donors (Lipinski definition) is 4. The minimum Gasteiger partial charge on any atom is -0.507 e. The van der Waals surface area contributed by atoms with Crippen LogP contribution in [0.4, 0.5) is 4.79 Å². The van der Waals surface area contributed by atoms with Crippen LogP contribution in [0.25, 0.3) is 0 Å². The van der Waals surface area contributed by atoms with Gasteiger partial charge in [-0.1, -0.05) is 31.4 Å². The summed E-state index contributed by atoms with van der Waals surface area (Å²) in [6.45, 7) is 0.317.